The summed E-state index contributed by atoms with van der Waals surface area (Å²) in [6, 6.07) is 3.29. The van der Waals surface area contributed by atoms with Gasteiger partial charge >= 0.3 is 5.97 Å². The largest absolute Gasteiger partial charge is 0.477 e. The van der Waals surface area contributed by atoms with Crippen LogP contribution in [0.1, 0.15) is 10.5 Å². The normalized spacial score (nSPS) is 8.77. The van der Waals surface area contributed by atoms with Crippen LogP contribution in [0.15, 0.2) is 18.3 Å². The topological polar surface area (TPSA) is 53.4 Å². The highest BCUT2D eigenvalue weighted by Crippen LogP contribution is 2.10. The number of nitrogens with zero attached hydrogens (tertiary/aromatic N) is 2. The number of hydrogen-bond donors (Lipinski definition) is 1. The zero-order valence-corrected chi connectivity index (χ0v) is 8.21. The van der Waals surface area contributed by atoms with Gasteiger partial charge in [-0.25, -0.2) is 9.78 Å². The molecule has 1 N–H and O–H groups in total. The molecule has 0 unspecified atom stereocenters. The van der Waals surface area contributed by atoms with Gasteiger partial charge in [0.15, 0.2) is 0 Å². The molecule has 0 spiro atoms. The third-order valence-electron chi connectivity index (χ3n) is 1.48. The van der Waals surface area contributed by atoms with E-state index in [4.69, 9.17) is 5.11 Å². The zero-order valence-electron chi connectivity index (χ0n) is 7.39. The summed E-state index contributed by atoms with van der Waals surface area (Å²) < 4.78 is 0. The van der Waals surface area contributed by atoms with Crippen molar-refractivity contribution in [3.8, 4) is 0 Å². The predicted molar refractivity (Wildman–Crippen MR) is 52.8 cm³/mol. The fourth-order valence-corrected chi connectivity index (χ4v) is 0.815. The molecule has 13 heavy (non-hydrogen) atoms. The summed E-state index contributed by atoms with van der Waals surface area (Å²) in [6.45, 7) is 0. The second-order valence-corrected chi connectivity index (χ2v) is 2.60. The second kappa shape index (κ2) is 4.67. The molecule has 5 heteroatoms. The van der Waals surface area contributed by atoms with Crippen molar-refractivity contribution in [1.29, 1.82) is 0 Å². The van der Waals surface area contributed by atoms with E-state index < -0.39 is 5.97 Å². The van der Waals surface area contributed by atoms with Crippen molar-refractivity contribution in [2.45, 2.75) is 0 Å². The Bertz CT molecular complexity index is 302. The molecular formula is C8H11ClN2O2. The molecule has 0 aliphatic carbocycles. The number of anilines is 1. The molecule has 0 amide bonds. The fraction of sp³-hybridized carbons (Fsp3) is 0.250. The number of aromatic nitrogens is 1. The number of hydrogen-bond acceptors (Lipinski definition) is 3. The Morgan fingerprint density at radius 2 is 2.15 bits per heavy atom. The van der Waals surface area contributed by atoms with E-state index in [1.54, 1.807) is 6.07 Å². The fourth-order valence-electron chi connectivity index (χ4n) is 0.815. The van der Waals surface area contributed by atoms with Gasteiger partial charge in [0.05, 0.1) is 0 Å². The molecule has 0 atom stereocenters. The van der Waals surface area contributed by atoms with Crippen LogP contribution < -0.4 is 4.90 Å². The summed E-state index contributed by atoms with van der Waals surface area (Å²) >= 11 is 0. The molecule has 1 aromatic rings. The summed E-state index contributed by atoms with van der Waals surface area (Å²) in [7, 11) is 3.70. The summed E-state index contributed by atoms with van der Waals surface area (Å²) in [6.07, 6.45) is 1.48. The Labute approximate surface area is 82.6 Å². The monoisotopic (exact) mass is 202 g/mol. The van der Waals surface area contributed by atoms with Crippen molar-refractivity contribution in [1.82, 2.24) is 4.98 Å². The standard InChI is InChI=1S/C8H10N2O2.ClH/c1-10(2)6-3-4-9-7(5-6)8(11)12;/h3-5H,1-2H3,(H,11,12);1H. The van der Waals surface area contributed by atoms with Gasteiger partial charge in [-0.3, -0.25) is 0 Å². The lowest BCUT2D eigenvalue weighted by molar-refractivity contribution is 0.0690. The minimum Gasteiger partial charge on any atom is -0.477 e. The lowest BCUT2D eigenvalue weighted by Gasteiger charge is -2.11. The zero-order chi connectivity index (χ0) is 9.14. The van der Waals surface area contributed by atoms with Gasteiger partial charge in [-0.1, -0.05) is 0 Å². The Hall–Kier alpha value is -1.29. The molecule has 1 rings (SSSR count). The average molecular weight is 203 g/mol. The Kier molecular flexibility index (Phi) is 4.20. The predicted octanol–water partition coefficient (Wildman–Crippen LogP) is 1.27. The highest BCUT2D eigenvalue weighted by molar-refractivity contribution is 5.86. The van der Waals surface area contributed by atoms with Crippen LogP contribution in [0.5, 0.6) is 0 Å². The van der Waals surface area contributed by atoms with E-state index in [1.165, 1.54) is 12.3 Å². The molecule has 0 aliphatic heterocycles. The Morgan fingerprint density at radius 3 is 2.62 bits per heavy atom. The molecular weight excluding hydrogens is 192 g/mol. The first-order valence-electron chi connectivity index (χ1n) is 3.48. The van der Waals surface area contributed by atoms with E-state index in [0.717, 1.165) is 5.69 Å². The van der Waals surface area contributed by atoms with Gasteiger partial charge in [0.25, 0.3) is 0 Å². The number of rotatable bonds is 2. The molecule has 72 valence electrons. The molecule has 4 nitrogen and oxygen atoms in total. The molecule has 0 saturated heterocycles. The lowest BCUT2D eigenvalue weighted by Crippen LogP contribution is -2.10. The van der Waals surface area contributed by atoms with E-state index >= 15 is 0 Å². The van der Waals surface area contributed by atoms with Crippen LogP contribution >= 0.6 is 12.4 Å². The van der Waals surface area contributed by atoms with Gasteiger partial charge in [0.2, 0.25) is 0 Å². The maximum atomic E-state index is 10.5. The van der Waals surface area contributed by atoms with Crippen LogP contribution in [-0.4, -0.2) is 30.2 Å². The third-order valence-corrected chi connectivity index (χ3v) is 1.48. The summed E-state index contributed by atoms with van der Waals surface area (Å²) in [5.74, 6) is -1.00. The van der Waals surface area contributed by atoms with Crippen LogP contribution in [0.2, 0.25) is 0 Å². The van der Waals surface area contributed by atoms with Crippen LogP contribution in [-0.2, 0) is 0 Å². The molecule has 0 bridgehead atoms. The highest BCUT2D eigenvalue weighted by atomic mass is 35.5. The summed E-state index contributed by atoms with van der Waals surface area (Å²) in [4.78, 5) is 16.0. The van der Waals surface area contributed by atoms with Gasteiger partial charge in [0, 0.05) is 26.0 Å². The summed E-state index contributed by atoms with van der Waals surface area (Å²) in [5, 5.41) is 8.61. The molecule has 1 heterocycles. The minimum atomic E-state index is -1.00. The molecule has 0 saturated carbocycles. The van der Waals surface area contributed by atoms with Crippen molar-refractivity contribution in [2.24, 2.45) is 0 Å². The first-order chi connectivity index (χ1) is 5.61. The number of carboxylic acids is 1. The Morgan fingerprint density at radius 1 is 1.54 bits per heavy atom. The first-order valence-corrected chi connectivity index (χ1v) is 3.48. The quantitative estimate of drug-likeness (QED) is 0.785. The smallest absolute Gasteiger partial charge is 0.354 e. The SMILES string of the molecule is CN(C)c1ccnc(C(=O)O)c1.Cl. The molecule has 0 aliphatic rings. The van der Waals surface area contributed by atoms with Crippen molar-refractivity contribution in [3.05, 3.63) is 24.0 Å². The third kappa shape index (κ3) is 2.91. The van der Waals surface area contributed by atoms with Gasteiger partial charge < -0.3 is 10.0 Å². The molecule has 0 radical (unpaired) electrons. The van der Waals surface area contributed by atoms with Crippen LogP contribution in [0.3, 0.4) is 0 Å². The molecule has 0 aromatic carbocycles. The number of carbonyl (C=O) groups is 1. The van der Waals surface area contributed by atoms with Gasteiger partial charge in [-0.15, -0.1) is 12.4 Å². The van der Waals surface area contributed by atoms with Gasteiger partial charge in [-0.05, 0) is 12.1 Å². The molecule has 1 aromatic heterocycles. The first kappa shape index (κ1) is 11.7. The number of carboxylic acid groups (broad SMARTS) is 1. The molecule has 0 fully saturated rings. The van der Waals surface area contributed by atoms with Gasteiger partial charge in [0.1, 0.15) is 5.69 Å². The number of pyridine rings is 1. The maximum absolute atomic E-state index is 10.5. The van der Waals surface area contributed by atoms with Crippen molar-refractivity contribution in [3.63, 3.8) is 0 Å². The minimum absolute atomic E-state index is 0. The Balaban J connectivity index is 0.00000144. The van der Waals surface area contributed by atoms with Crippen LogP contribution in [0.4, 0.5) is 5.69 Å². The van der Waals surface area contributed by atoms with Crippen LogP contribution in [0.25, 0.3) is 0 Å². The van der Waals surface area contributed by atoms with E-state index in [2.05, 4.69) is 4.98 Å². The second-order valence-electron chi connectivity index (χ2n) is 2.60. The van der Waals surface area contributed by atoms with E-state index in [0.29, 0.717) is 0 Å². The number of aromatic carboxylic acids is 1. The maximum Gasteiger partial charge on any atom is 0.354 e. The van der Waals surface area contributed by atoms with Crippen molar-refractivity contribution >= 4 is 24.1 Å². The number of halogens is 1. The van der Waals surface area contributed by atoms with Crippen molar-refractivity contribution in [2.75, 3.05) is 19.0 Å². The van der Waals surface area contributed by atoms with E-state index in [9.17, 15) is 4.79 Å². The highest BCUT2D eigenvalue weighted by Gasteiger charge is 2.04. The van der Waals surface area contributed by atoms with Crippen LogP contribution in [0, 0.1) is 0 Å². The average Bonchev–Trinajstić information content (AvgIpc) is 2.04. The van der Waals surface area contributed by atoms with E-state index in [-0.39, 0.29) is 18.1 Å². The lowest BCUT2D eigenvalue weighted by atomic mass is 10.3. The van der Waals surface area contributed by atoms with Crippen molar-refractivity contribution < 1.29 is 9.90 Å². The van der Waals surface area contributed by atoms with E-state index in [1.807, 2.05) is 19.0 Å². The summed E-state index contributed by atoms with van der Waals surface area (Å²) in [5.41, 5.74) is 0.906. The van der Waals surface area contributed by atoms with Gasteiger partial charge in [-0.2, -0.15) is 0 Å².